The molecule has 1 amide bonds. The van der Waals surface area contributed by atoms with E-state index in [1.165, 1.54) is 16.6 Å². The molecule has 30 heavy (non-hydrogen) atoms. The number of aromatic nitrogens is 2. The molecule has 7 heteroatoms. The minimum Gasteiger partial charge on any atom is -0.497 e. The highest BCUT2D eigenvalue weighted by molar-refractivity contribution is 5.94. The van der Waals surface area contributed by atoms with Crippen LogP contribution < -0.4 is 14.8 Å². The maximum Gasteiger partial charge on any atom is 0.255 e. The summed E-state index contributed by atoms with van der Waals surface area (Å²) in [7, 11) is 3.27. The van der Waals surface area contributed by atoms with Gasteiger partial charge in [0.1, 0.15) is 5.75 Å². The second kappa shape index (κ2) is 7.32. The number of nitrogens with zero attached hydrogens (tertiary/aromatic N) is 2. The van der Waals surface area contributed by atoms with Crippen LogP contribution in [0.3, 0.4) is 0 Å². The lowest BCUT2D eigenvalue weighted by Gasteiger charge is -2.44. The number of rotatable bonds is 3. The van der Waals surface area contributed by atoms with Crippen molar-refractivity contribution in [2.45, 2.75) is 24.8 Å². The molecule has 4 heterocycles. The Bertz CT molecular complexity index is 1080. The highest BCUT2D eigenvalue weighted by atomic mass is 16.5. The summed E-state index contributed by atoms with van der Waals surface area (Å²) in [5.74, 6) is 1.42. The van der Waals surface area contributed by atoms with Crippen LogP contribution in [0.1, 0.15) is 34.5 Å². The molecule has 0 unspecified atom stereocenters. The molecule has 7 nitrogen and oxygen atoms in total. The van der Waals surface area contributed by atoms with E-state index in [-0.39, 0.29) is 11.4 Å². The fourth-order valence-corrected chi connectivity index (χ4v) is 4.87. The average molecular weight is 406 g/mol. The van der Waals surface area contributed by atoms with Crippen molar-refractivity contribution in [1.82, 2.24) is 20.2 Å². The van der Waals surface area contributed by atoms with Crippen molar-refractivity contribution < 1.29 is 14.3 Å². The number of likely N-dealkylation sites (tertiary alicyclic amines) is 1. The zero-order valence-electron chi connectivity index (χ0n) is 17.3. The molecule has 2 N–H and O–H groups in total. The predicted octanol–water partition coefficient (Wildman–Crippen LogP) is 2.86. The molecule has 2 aliphatic rings. The molecular formula is C23H26N4O3. The van der Waals surface area contributed by atoms with Gasteiger partial charge in [0.2, 0.25) is 5.88 Å². The van der Waals surface area contributed by atoms with Crippen LogP contribution >= 0.6 is 0 Å². The van der Waals surface area contributed by atoms with Crippen LogP contribution in [0.5, 0.6) is 11.6 Å². The number of ether oxygens (including phenoxy) is 2. The first-order chi connectivity index (χ1) is 14.6. The molecule has 3 aromatic rings. The van der Waals surface area contributed by atoms with Crippen molar-refractivity contribution in [2.75, 3.05) is 33.9 Å². The molecule has 1 aromatic carbocycles. The van der Waals surface area contributed by atoms with E-state index in [4.69, 9.17) is 9.47 Å². The van der Waals surface area contributed by atoms with Gasteiger partial charge in [0.25, 0.3) is 5.91 Å². The summed E-state index contributed by atoms with van der Waals surface area (Å²) in [5, 5.41) is 5.01. The van der Waals surface area contributed by atoms with Gasteiger partial charge in [-0.2, -0.15) is 0 Å². The number of amides is 1. The number of nitrogens with one attached hydrogen (secondary N) is 2. The van der Waals surface area contributed by atoms with E-state index in [0.717, 1.165) is 37.1 Å². The third kappa shape index (κ3) is 3.01. The number of benzene rings is 1. The van der Waals surface area contributed by atoms with E-state index in [1.807, 2.05) is 11.0 Å². The molecular weight excluding hydrogens is 380 g/mol. The standard InChI is InChI=1S/C23H26N4O3/c1-29-16-4-5-19-18(13-16)17-7-10-25-23(21(17)26-19)8-11-27(12-9-23)22(28)15-3-6-20(30-2)24-14-15/h3-6,13-14,25-26H,7-12H2,1-2H3. The van der Waals surface area contributed by atoms with E-state index < -0.39 is 0 Å². The van der Waals surface area contributed by atoms with Gasteiger partial charge in [0.05, 0.1) is 25.3 Å². The number of aromatic amines is 1. The van der Waals surface area contributed by atoms with Crippen molar-refractivity contribution in [3.05, 3.63) is 53.3 Å². The summed E-state index contributed by atoms with van der Waals surface area (Å²) in [4.78, 5) is 22.7. The summed E-state index contributed by atoms with van der Waals surface area (Å²) in [6, 6.07) is 9.72. The number of hydrogen-bond donors (Lipinski definition) is 2. The number of pyridine rings is 1. The number of carbonyl (C=O) groups is 1. The Hall–Kier alpha value is -3.06. The zero-order chi connectivity index (χ0) is 20.7. The highest BCUT2D eigenvalue weighted by Crippen LogP contribution is 2.41. The van der Waals surface area contributed by atoms with E-state index in [2.05, 4.69) is 27.4 Å². The fraction of sp³-hybridized carbons (Fsp3) is 0.391. The Morgan fingerprint density at radius 2 is 1.97 bits per heavy atom. The predicted molar refractivity (Wildman–Crippen MR) is 114 cm³/mol. The molecule has 2 aliphatic heterocycles. The number of piperidine rings is 1. The lowest BCUT2D eigenvalue weighted by molar-refractivity contribution is 0.0626. The third-order valence-electron chi connectivity index (χ3n) is 6.53. The third-order valence-corrected chi connectivity index (χ3v) is 6.53. The smallest absolute Gasteiger partial charge is 0.255 e. The Balaban J connectivity index is 1.39. The van der Waals surface area contributed by atoms with Crippen LogP contribution in [0, 0.1) is 0 Å². The maximum atomic E-state index is 12.9. The quantitative estimate of drug-likeness (QED) is 0.699. The fourth-order valence-electron chi connectivity index (χ4n) is 4.87. The molecule has 0 bridgehead atoms. The lowest BCUT2D eigenvalue weighted by Crippen LogP contribution is -2.55. The molecule has 156 valence electrons. The summed E-state index contributed by atoms with van der Waals surface area (Å²) in [5.41, 5.74) is 4.28. The van der Waals surface area contributed by atoms with Crippen LogP contribution in [0.15, 0.2) is 36.5 Å². The van der Waals surface area contributed by atoms with Gasteiger partial charge in [-0.05, 0) is 49.1 Å². The van der Waals surface area contributed by atoms with Crippen molar-refractivity contribution in [3.8, 4) is 11.6 Å². The van der Waals surface area contributed by atoms with E-state index in [0.29, 0.717) is 24.5 Å². The van der Waals surface area contributed by atoms with Crippen molar-refractivity contribution in [3.63, 3.8) is 0 Å². The van der Waals surface area contributed by atoms with Gasteiger partial charge in [-0.25, -0.2) is 4.98 Å². The Kier molecular flexibility index (Phi) is 4.62. The van der Waals surface area contributed by atoms with Crippen molar-refractivity contribution >= 4 is 16.8 Å². The Labute approximate surface area is 175 Å². The van der Waals surface area contributed by atoms with Crippen LogP contribution in [0.4, 0.5) is 0 Å². The second-order valence-corrected chi connectivity index (χ2v) is 8.03. The molecule has 1 fully saturated rings. The number of carbonyl (C=O) groups excluding carboxylic acids is 1. The molecule has 0 aliphatic carbocycles. The van der Waals surface area contributed by atoms with Crippen LogP contribution in [-0.4, -0.2) is 54.6 Å². The average Bonchev–Trinajstić information content (AvgIpc) is 3.19. The molecule has 0 radical (unpaired) electrons. The highest BCUT2D eigenvalue weighted by Gasteiger charge is 2.42. The Morgan fingerprint density at radius 3 is 2.67 bits per heavy atom. The Morgan fingerprint density at radius 1 is 1.13 bits per heavy atom. The van der Waals surface area contributed by atoms with Gasteiger partial charge < -0.3 is 24.7 Å². The normalized spacial score (nSPS) is 17.7. The molecule has 1 spiro atoms. The first kappa shape index (κ1) is 18.9. The second-order valence-electron chi connectivity index (χ2n) is 8.03. The van der Waals surface area contributed by atoms with Crippen LogP contribution in [-0.2, 0) is 12.0 Å². The van der Waals surface area contributed by atoms with Gasteiger partial charge in [-0.1, -0.05) is 0 Å². The minimum atomic E-state index is -0.116. The van der Waals surface area contributed by atoms with Crippen LogP contribution in [0.25, 0.3) is 10.9 Å². The maximum absolute atomic E-state index is 12.9. The lowest BCUT2D eigenvalue weighted by atomic mass is 9.79. The van der Waals surface area contributed by atoms with Crippen molar-refractivity contribution in [2.24, 2.45) is 0 Å². The van der Waals surface area contributed by atoms with Crippen LogP contribution in [0.2, 0.25) is 0 Å². The van der Waals surface area contributed by atoms with Gasteiger partial charge in [-0.15, -0.1) is 0 Å². The molecule has 2 aromatic heterocycles. The van der Waals surface area contributed by atoms with E-state index in [9.17, 15) is 4.79 Å². The molecule has 5 rings (SSSR count). The topological polar surface area (TPSA) is 79.5 Å². The van der Waals surface area contributed by atoms with Gasteiger partial charge in [0.15, 0.2) is 0 Å². The number of methoxy groups -OCH3 is 2. The number of H-pyrrole nitrogens is 1. The van der Waals surface area contributed by atoms with E-state index >= 15 is 0 Å². The number of hydrogen-bond acceptors (Lipinski definition) is 5. The first-order valence-corrected chi connectivity index (χ1v) is 10.4. The molecule has 0 atom stereocenters. The summed E-state index contributed by atoms with van der Waals surface area (Å²) >= 11 is 0. The minimum absolute atomic E-state index is 0.0254. The first-order valence-electron chi connectivity index (χ1n) is 10.4. The monoisotopic (exact) mass is 406 g/mol. The summed E-state index contributed by atoms with van der Waals surface area (Å²) in [6.07, 6.45) is 4.33. The summed E-state index contributed by atoms with van der Waals surface area (Å²) in [6.45, 7) is 2.35. The number of fused-ring (bicyclic) bond motifs is 4. The summed E-state index contributed by atoms with van der Waals surface area (Å²) < 4.78 is 10.5. The van der Waals surface area contributed by atoms with Crippen molar-refractivity contribution in [1.29, 1.82) is 0 Å². The van der Waals surface area contributed by atoms with Gasteiger partial charge in [0, 0.05) is 48.5 Å². The van der Waals surface area contributed by atoms with Gasteiger partial charge in [-0.3, -0.25) is 4.79 Å². The largest absolute Gasteiger partial charge is 0.497 e. The van der Waals surface area contributed by atoms with Gasteiger partial charge >= 0.3 is 0 Å². The zero-order valence-corrected chi connectivity index (χ0v) is 17.3. The SMILES string of the molecule is COc1ccc2[nH]c3c(c2c1)CCNC31CCN(C(=O)c2ccc(OC)nc2)CC1. The van der Waals surface area contributed by atoms with E-state index in [1.54, 1.807) is 32.5 Å². The molecule has 1 saturated heterocycles. The molecule has 0 saturated carbocycles.